The van der Waals surface area contributed by atoms with Crippen molar-refractivity contribution in [2.45, 2.75) is 174 Å². The molecule has 0 heterocycles. The summed E-state index contributed by atoms with van der Waals surface area (Å²) >= 11 is 0. The van der Waals surface area contributed by atoms with Gasteiger partial charge in [0.05, 0.1) is 34.4 Å². The fraction of sp³-hybridized carbons (Fsp3) is 0.635. The maximum atomic E-state index is 12.7. The lowest BCUT2D eigenvalue weighted by atomic mass is 10.1. The second-order valence-corrected chi connectivity index (χ2v) is 16.4. The normalized spacial score (nSPS) is 13.8. The predicted molar refractivity (Wildman–Crippen MR) is 252 cm³/mol. The number of allylic oxidation sites excluding steroid dienone is 16. The maximum Gasteiger partial charge on any atom is 0.362 e. The molecule has 340 valence electrons. The number of aliphatic carboxylic acids is 1. The lowest BCUT2D eigenvalue weighted by Crippen LogP contribution is -2.50. The Morgan fingerprint density at radius 3 is 1.53 bits per heavy atom. The molecule has 2 unspecified atom stereocenters. The van der Waals surface area contributed by atoms with Crippen molar-refractivity contribution in [1.29, 1.82) is 0 Å². The number of likely N-dealkylation sites (N-methyl/N-ethyl adjacent to an activating group) is 1. The van der Waals surface area contributed by atoms with Gasteiger partial charge in [-0.25, -0.2) is 4.79 Å². The molecule has 1 N–H and O–H groups in total. The molecule has 60 heavy (non-hydrogen) atoms. The average molecular weight is 837 g/mol. The third kappa shape index (κ3) is 39.7. The van der Waals surface area contributed by atoms with Crippen LogP contribution in [0.25, 0.3) is 0 Å². The highest BCUT2D eigenvalue weighted by Gasteiger charge is 2.31. The van der Waals surface area contributed by atoms with Crippen LogP contribution in [-0.2, 0) is 28.6 Å². The molecule has 0 aromatic rings. The van der Waals surface area contributed by atoms with Gasteiger partial charge in [-0.3, -0.25) is 9.59 Å². The summed E-state index contributed by atoms with van der Waals surface area (Å²) in [7, 11) is 5.50. The number of carbonyl (C=O) groups excluding carboxylic acids is 2. The standard InChI is InChI=1S/C52H85NO7/c1-6-8-10-12-14-16-18-20-22-23-24-25-26-27-29-30-32-34-36-38-40-42-50(54)59-47-48(46-58-45-44-49(52(56)57)53(3,4)5)60-51(55)43-41-39-37-35-33-31-28-21-19-17-15-13-11-9-7-2/h9,11,13-17,19-22,24-25,27-29,48-49H,6-8,10,12,18,23,26,30-47H2,1-5H3/p+1/b11-9+,15-13+,16-14+,19-17+,22-20+,25-24+,28-21+,29-27+. The highest BCUT2D eigenvalue weighted by molar-refractivity contribution is 5.72. The topological polar surface area (TPSA) is 99.1 Å². The van der Waals surface area contributed by atoms with Gasteiger partial charge in [-0.05, 0) is 77.0 Å². The van der Waals surface area contributed by atoms with E-state index in [1.54, 1.807) is 0 Å². The Balaban J connectivity index is 4.39. The van der Waals surface area contributed by atoms with Crippen LogP contribution in [0.15, 0.2) is 97.2 Å². The van der Waals surface area contributed by atoms with Gasteiger partial charge in [0.1, 0.15) is 6.61 Å². The predicted octanol–water partition coefficient (Wildman–Crippen LogP) is 13.1. The smallest absolute Gasteiger partial charge is 0.362 e. The molecular formula is C52H86NO7+. The molecule has 0 saturated carbocycles. The van der Waals surface area contributed by atoms with Gasteiger partial charge in [0.15, 0.2) is 12.1 Å². The number of quaternary nitrogens is 1. The van der Waals surface area contributed by atoms with Crippen molar-refractivity contribution in [1.82, 2.24) is 0 Å². The molecule has 0 aromatic heterocycles. The lowest BCUT2D eigenvalue weighted by Gasteiger charge is -2.31. The summed E-state index contributed by atoms with van der Waals surface area (Å²) in [5.74, 6) is -1.53. The number of carboxylic acid groups (broad SMARTS) is 1. The monoisotopic (exact) mass is 837 g/mol. The van der Waals surface area contributed by atoms with Gasteiger partial charge in [-0.1, -0.05) is 162 Å². The zero-order valence-corrected chi connectivity index (χ0v) is 38.6. The minimum atomic E-state index is -0.887. The molecule has 0 bridgehead atoms. The second-order valence-electron chi connectivity index (χ2n) is 16.4. The first kappa shape index (κ1) is 56.2. The van der Waals surface area contributed by atoms with Crippen LogP contribution in [0.3, 0.4) is 0 Å². The molecule has 0 spiro atoms. The molecule has 2 atom stereocenters. The molecule has 0 aliphatic rings. The van der Waals surface area contributed by atoms with E-state index in [1.807, 2.05) is 51.5 Å². The SMILES string of the molecule is CC/C=C/C=C/C=C/C=C/CCCCCCCC(=O)OC(COCCC(C(=O)O)[N+](C)(C)C)COC(=O)CCCCCCC/C=C/C/C=C/C/C=C/C/C=C/CCCCC. The zero-order chi connectivity index (χ0) is 44.2. The first-order chi connectivity index (χ1) is 29.1. The van der Waals surface area contributed by atoms with Crippen molar-refractivity contribution in [2.24, 2.45) is 0 Å². The number of esters is 2. The number of ether oxygens (including phenoxy) is 3. The van der Waals surface area contributed by atoms with E-state index in [4.69, 9.17) is 14.2 Å². The van der Waals surface area contributed by atoms with Crippen LogP contribution >= 0.6 is 0 Å². The summed E-state index contributed by atoms with van der Waals surface area (Å²) < 4.78 is 17.3. The van der Waals surface area contributed by atoms with E-state index in [9.17, 15) is 19.5 Å². The van der Waals surface area contributed by atoms with Gasteiger partial charge in [-0.2, -0.15) is 0 Å². The fourth-order valence-electron chi connectivity index (χ4n) is 6.20. The van der Waals surface area contributed by atoms with Crippen LogP contribution in [0.2, 0.25) is 0 Å². The Labute approximate surface area is 366 Å². The van der Waals surface area contributed by atoms with Crippen molar-refractivity contribution in [3.63, 3.8) is 0 Å². The van der Waals surface area contributed by atoms with E-state index >= 15 is 0 Å². The van der Waals surface area contributed by atoms with Crippen molar-refractivity contribution in [3.8, 4) is 0 Å². The highest BCUT2D eigenvalue weighted by atomic mass is 16.6. The number of nitrogens with zero attached hydrogens (tertiary/aromatic N) is 1. The number of hydrogen-bond donors (Lipinski definition) is 1. The average Bonchev–Trinajstić information content (AvgIpc) is 3.21. The Hall–Kier alpha value is -3.75. The molecule has 0 fully saturated rings. The Kier molecular flexibility index (Phi) is 39.3. The van der Waals surface area contributed by atoms with Crippen LogP contribution in [0, 0.1) is 0 Å². The number of hydrogen-bond acceptors (Lipinski definition) is 6. The van der Waals surface area contributed by atoms with Gasteiger partial charge in [0.2, 0.25) is 0 Å². The van der Waals surface area contributed by atoms with E-state index in [1.165, 1.54) is 25.7 Å². The molecule has 0 radical (unpaired) electrons. The van der Waals surface area contributed by atoms with E-state index in [-0.39, 0.29) is 36.2 Å². The molecule has 0 saturated heterocycles. The van der Waals surface area contributed by atoms with Gasteiger partial charge in [0, 0.05) is 19.3 Å². The highest BCUT2D eigenvalue weighted by Crippen LogP contribution is 2.13. The van der Waals surface area contributed by atoms with Crippen molar-refractivity contribution in [3.05, 3.63) is 97.2 Å². The van der Waals surface area contributed by atoms with Gasteiger partial charge in [0.25, 0.3) is 0 Å². The van der Waals surface area contributed by atoms with Crippen LogP contribution in [0.5, 0.6) is 0 Å². The summed E-state index contributed by atoms with van der Waals surface area (Å²) in [4.78, 5) is 37.0. The van der Waals surface area contributed by atoms with Gasteiger partial charge >= 0.3 is 17.9 Å². The number of unbranched alkanes of at least 4 members (excludes halogenated alkanes) is 13. The summed E-state index contributed by atoms with van der Waals surface area (Å²) in [6.07, 6.45) is 55.9. The first-order valence-electron chi connectivity index (χ1n) is 23.3. The van der Waals surface area contributed by atoms with Crippen LogP contribution in [0.1, 0.15) is 162 Å². The summed E-state index contributed by atoms with van der Waals surface area (Å²) in [5, 5.41) is 9.63. The molecule has 8 nitrogen and oxygen atoms in total. The molecule has 0 aliphatic carbocycles. The van der Waals surface area contributed by atoms with Crippen LogP contribution < -0.4 is 0 Å². The van der Waals surface area contributed by atoms with Crippen LogP contribution in [0.4, 0.5) is 0 Å². The molecule has 0 aliphatic heterocycles. The Bertz CT molecular complexity index is 1300. The number of carboxylic acids is 1. The number of carbonyl (C=O) groups is 3. The van der Waals surface area contributed by atoms with E-state index in [2.05, 4.69) is 80.7 Å². The van der Waals surface area contributed by atoms with E-state index in [0.717, 1.165) is 103 Å². The maximum absolute atomic E-state index is 12.7. The summed E-state index contributed by atoms with van der Waals surface area (Å²) in [5.41, 5.74) is 0. The van der Waals surface area contributed by atoms with Crippen molar-refractivity contribution >= 4 is 17.9 Å². The number of rotatable bonds is 40. The third-order valence-corrected chi connectivity index (χ3v) is 9.81. The minimum absolute atomic E-state index is 0.0385. The molecule has 0 rings (SSSR count). The largest absolute Gasteiger partial charge is 0.477 e. The molecular weight excluding hydrogens is 751 g/mol. The van der Waals surface area contributed by atoms with Gasteiger partial charge in [-0.15, -0.1) is 0 Å². The lowest BCUT2D eigenvalue weighted by molar-refractivity contribution is -0.887. The first-order valence-corrected chi connectivity index (χ1v) is 23.3. The van der Waals surface area contributed by atoms with Gasteiger partial charge < -0.3 is 23.8 Å². The van der Waals surface area contributed by atoms with Crippen LogP contribution in [-0.4, -0.2) is 80.6 Å². The Morgan fingerprint density at radius 1 is 0.533 bits per heavy atom. The Morgan fingerprint density at radius 2 is 1.00 bits per heavy atom. The quantitative estimate of drug-likeness (QED) is 0.0216. The minimum Gasteiger partial charge on any atom is -0.477 e. The van der Waals surface area contributed by atoms with Crippen molar-refractivity contribution < 1.29 is 38.2 Å². The summed E-state index contributed by atoms with van der Waals surface area (Å²) in [6, 6.07) is -0.628. The molecule has 0 aromatic carbocycles. The summed E-state index contributed by atoms with van der Waals surface area (Å²) in [6.45, 7) is 4.50. The molecule has 0 amide bonds. The second kappa shape index (κ2) is 42.0. The molecule has 8 heteroatoms. The fourth-order valence-corrected chi connectivity index (χ4v) is 6.20. The third-order valence-electron chi connectivity index (χ3n) is 9.81. The van der Waals surface area contributed by atoms with E-state index in [0.29, 0.717) is 19.3 Å². The van der Waals surface area contributed by atoms with E-state index < -0.39 is 18.1 Å². The van der Waals surface area contributed by atoms with Crippen molar-refractivity contribution in [2.75, 3.05) is 41.0 Å². The zero-order valence-electron chi connectivity index (χ0n) is 38.6.